The number of hydrogen-bond donors (Lipinski definition) is 3. The van der Waals surface area contributed by atoms with Gasteiger partial charge >= 0.3 is 0 Å². The van der Waals surface area contributed by atoms with E-state index in [0.29, 0.717) is 22.5 Å². The van der Waals surface area contributed by atoms with Crippen molar-refractivity contribution in [2.45, 2.75) is 26.7 Å². The van der Waals surface area contributed by atoms with Crippen LogP contribution in [0, 0.1) is 19.7 Å². The van der Waals surface area contributed by atoms with Crippen LogP contribution in [0.15, 0.2) is 48.5 Å². The largest absolute Gasteiger partial charge is 0.395 e. The van der Waals surface area contributed by atoms with E-state index in [2.05, 4.69) is 9.71 Å². The van der Waals surface area contributed by atoms with Crippen molar-refractivity contribution in [3.05, 3.63) is 88.0 Å². The van der Waals surface area contributed by atoms with E-state index in [9.17, 15) is 17.6 Å². The lowest BCUT2D eigenvalue weighted by Gasteiger charge is -2.14. The third-order valence-electron chi connectivity index (χ3n) is 5.14. The normalized spacial score (nSPS) is 12.5. The van der Waals surface area contributed by atoms with Gasteiger partial charge in [-0.3, -0.25) is 9.52 Å². The zero-order valence-corrected chi connectivity index (χ0v) is 18.4. The number of H-pyrrole nitrogens is 1. The van der Waals surface area contributed by atoms with Gasteiger partial charge < -0.3 is 10.1 Å². The predicted molar refractivity (Wildman–Crippen MR) is 119 cm³/mol. The van der Waals surface area contributed by atoms with Crippen LogP contribution in [0.3, 0.4) is 0 Å². The molecule has 3 N–H and O–H groups in total. The number of anilines is 1. The van der Waals surface area contributed by atoms with E-state index in [1.54, 1.807) is 19.1 Å². The molecule has 3 aromatic rings. The third kappa shape index (κ3) is 5.21. The second kappa shape index (κ2) is 9.03. The Morgan fingerprint density at radius 1 is 1.13 bits per heavy atom. The number of carbonyl (C=O) groups is 1. The van der Waals surface area contributed by atoms with Crippen LogP contribution in [0.25, 0.3) is 0 Å². The van der Waals surface area contributed by atoms with Crippen molar-refractivity contribution in [1.29, 1.82) is 0 Å². The second-order valence-corrected chi connectivity index (χ2v) is 9.42. The molecule has 8 heteroatoms. The number of nitrogens with one attached hydrogen (secondary N) is 2. The highest BCUT2D eigenvalue weighted by atomic mass is 32.2. The van der Waals surface area contributed by atoms with Crippen molar-refractivity contribution in [3.63, 3.8) is 0 Å². The van der Waals surface area contributed by atoms with Crippen LogP contribution in [-0.2, 0) is 10.0 Å². The Labute approximate surface area is 181 Å². The fraction of sp³-hybridized carbons (Fsp3) is 0.261. The van der Waals surface area contributed by atoms with E-state index in [-0.39, 0.29) is 17.4 Å². The molecule has 0 aliphatic carbocycles. The minimum absolute atomic E-state index is 0.0832. The number of halogens is 1. The van der Waals surface area contributed by atoms with E-state index in [0.717, 1.165) is 17.2 Å². The first kappa shape index (κ1) is 22.7. The zero-order chi connectivity index (χ0) is 22.8. The van der Waals surface area contributed by atoms with Crippen molar-refractivity contribution in [1.82, 2.24) is 4.98 Å². The fourth-order valence-electron chi connectivity index (χ4n) is 3.36. The standard InChI is InChI=1S/C23H25FN2O4S/c1-14-4-6-17(7-5-14)23(28)22-15(2)12-21(25-22)16(3)19-9-8-18(13-20(19)24)26-31(29,30)11-10-27/h4-9,12-13,16,25-27H,10-11H2,1-3H3. The van der Waals surface area contributed by atoms with E-state index in [4.69, 9.17) is 5.11 Å². The third-order valence-corrected chi connectivity index (χ3v) is 6.41. The quantitative estimate of drug-likeness (QED) is 0.459. The van der Waals surface area contributed by atoms with E-state index in [1.807, 2.05) is 32.0 Å². The van der Waals surface area contributed by atoms with Crippen LogP contribution in [0.1, 0.15) is 51.3 Å². The minimum Gasteiger partial charge on any atom is -0.395 e. The topological polar surface area (TPSA) is 99.3 Å². The molecule has 0 fully saturated rings. The molecule has 3 rings (SSSR count). The Balaban J connectivity index is 1.85. The first-order valence-electron chi connectivity index (χ1n) is 9.83. The molecule has 1 unspecified atom stereocenters. The first-order chi connectivity index (χ1) is 14.6. The van der Waals surface area contributed by atoms with E-state index >= 15 is 0 Å². The van der Waals surface area contributed by atoms with Gasteiger partial charge in [-0.05, 0) is 43.2 Å². The van der Waals surface area contributed by atoms with Gasteiger partial charge in [0.2, 0.25) is 15.8 Å². The number of aliphatic hydroxyl groups is 1. The van der Waals surface area contributed by atoms with Gasteiger partial charge in [-0.25, -0.2) is 12.8 Å². The van der Waals surface area contributed by atoms with E-state index in [1.165, 1.54) is 12.1 Å². The number of hydrogen-bond acceptors (Lipinski definition) is 4. The summed E-state index contributed by atoms with van der Waals surface area (Å²) < 4.78 is 40.5. The molecule has 0 spiro atoms. The second-order valence-electron chi connectivity index (χ2n) is 7.58. The maximum Gasteiger partial charge on any atom is 0.234 e. The highest BCUT2D eigenvalue weighted by molar-refractivity contribution is 7.92. The zero-order valence-electron chi connectivity index (χ0n) is 17.6. The Morgan fingerprint density at radius 2 is 1.81 bits per heavy atom. The molecule has 0 saturated carbocycles. The Bertz CT molecular complexity index is 1200. The Hall–Kier alpha value is -2.97. The average molecular weight is 445 g/mol. The lowest BCUT2D eigenvalue weighted by molar-refractivity contribution is 0.103. The number of aryl methyl sites for hydroxylation is 2. The molecule has 31 heavy (non-hydrogen) atoms. The summed E-state index contributed by atoms with van der Waals surface area (Å²) in [6, 6.07) is 13.2. The molecule has 0 aliphatic rings. The predicted octanol–water partition coefficient (Wildman–Crippen LogP) is 3.89. The van der Waals surface area contributed by atoms with Crippen LogP contribution < -0.4 is 4.72 Å². The highest BCUT2D eigenvalue weighted by Crippen LogP contribution is 2.29. The number of sulfonamides is 1. The van der Waals surface area contributed by atoms with Gasteiger partial charge in [0.1, 0.15) is 5.82 Å². The molecule has 1 aromatic heterocycles. The fourth-order valence-corrected chi connectivity index (χ4v) is 4.19. The van der Waals surface area contributed by atoms with Crippen LogP contribution in [0.4, 0.5) is 10.1 Å². The molecule has 164 valence electrons. The van der Waals surface area contributed by atoms with Crippen molar-refractivity contribution in [2.75, 3.05) is 17.1 Å². The minimum atomic E-state index is -3.74. The molecule has 6 nitrogen and oxygen atoms in total. The molecule has 1 atom stereocenters. The van der Waals surface area contributed by atoms with Crippen molar-refractivity contribution in [2.24, 2.45) is 0 Å². The molecule has 0 amide bonds. The summed E-state index contributed by atoms with van der Waals surface area (Å²) in [6.45, 7) is 5.05. The Morgan fingerprint density at radius 3 is 2.42 bits per heavy atom. The summed E-state index contributed by atoms with van der Waals surface area (Å²) >= 11 is 0. The summed E-state index contributed by atoms with van der Waals surface area (Å²) in [4.78, 5) is 16.0. The molecule has 0 bridgehead atoms. The molecule has 0 aliphatic heterocycles. The molecule has 0 radical (unpaired) electrons. The van der Waals surface area contributed by atoms with Crippen molar-refractivity contribution < 1.29 is 22.7 Å². The van der Waals surface area contributed by atoms with Crippen LogP contribution in [0.5, 0.6) is 0 Å². The monoisotopic (exact) mass is 444 g/mol. The maximum atomic E-state index is 14.8. The number of benzene rings is 2. The number of carbonyl (C=O) groups excluding carboxylic acids is 1. The van der Waals surface area contributed by atoms with Gasteiger partial charge in [-0.15, -0.1) is 0 Å². The summed E-state index contributed by atoms with van der Waals surface area (Å²) in [5.41, 5.74) is 3.98. The van der Waals surface area contributed by atoms with E-state index < -0.39 is 28.2 Å². The number of ketones is 1. The smallest absolute Gasteiger partial charge is 0.234 e. The summed E-state index contributed by atoms with van der Waals surface area (Å²) in [5, 5.41) is 8.80. The molecule has 0 saturated heterocycles. The van der Waals surface area contributed by atoms with Crippen molar-refractivity contribution >= 4 is 21.5 Å². The molecular weight excluding hydrogens is 419 g/mol. The van der Waals surface area contributed by atoms with Gasteiger partial charge in [-0.2, -0.15) is 0 Å². The SMILES string of the molecule is Cc1ccc(C(=O)c2[nH]c(C(C)c3ccc(NS(=O)(=O)CCO)cc3F)cc2C)cc1. The van der Waals surface area contributed by atoms with Gasteiger partial charge in [0, 0.05) is 17.2 Å². The number of aromatic amines is 1. The number of aromatic nitrogens is 1. The Kier molecular flexibility index (Phi) is 6.62. The number of rotatable bonds is 8. The first-order valence-corrected chi connectivity index (χ1v) is 11.5. The number of aliphatic hydroxyl groups excluding tert-OH is 1. The van der Waals surface area contributed by atoms with Crippen LogP contribution in [-0.4, -0.2) is 36.7 Å². The molecule has 2 aromatic carbocycles. The summed E-state index contributed by atoms with van der Waals surface area (Å²) in [7, 11) is -3.74. The lowest BCUT2D eigenvalue weighted by Crippen LogP contribution is -2.19. The van der Waals surface area contributed by atoms with Gasteiger partial charge in [0.15, 0.2) is 0 Å². The van der Waals surface area contributed by atoms with Gasteiger partial charge in [-0.1, -0.05) is 42.8 Å². The van der Waals surface area contributed by atoms with Crippen LogP contribution >= 0.6 is 0 Å². The summed E-state index contributed by atoms with van der Waals surface area (Å²) in [5.74, 6) is -1.56. The summed E-state index contributed by atoms with van der Waals surface area (Å²) in [6.07, 6.45) is 0. The van der Waals surface area contributed by atoms with Gasteiger partial charge in [0.05, 0.1) is 23.7 Å². The molecular formula is C23H25FN2O4S. The molecule has 1 heterocycles. The maximum absolute atomic E-state index is 14.8. The highest BCUT2D eigenvalue weighted by Gasteiger charge is 2.21. The lowest BCUT2D eigenvalue weighted by atomic mass is 9.97. The average Bonchev–Trinajstić information content (AvgIpc) is 3.09. The van der Waals surface area contributed by atoms with Gasteiger partial charge in [0.25, 0.3) is 0 Å². The van der Waals surface area contributed by atoms with Crippen LogP contribution in [0.2, 0.25) is 0 Å². The van der Waals surface area contributed by atoms with Crippen molar-refractivity contribution in [3.8, 4) is 0 Å².